The molecule has 0 radical (unpaired) electrons. The minimum atomic E-state index is -3.02. The molecule has 0 aromatic carbocycles. The number of nitrogens with zero attached hydrogens (tertiary/aromatic N) is 2. The predicted molar refractivity (Wildman–Crippen MR) is 65.9 cm³/mol. The Morgan fingerprint density at radius 1 is 1.58 bits per heavy atom. The fraction of sp³-hybridized carbons (Fsp3) is 0.700. The van der Waals surface area contributed by atoms with E-state index in [9.17, 15) is 13.2 Å². The van der Waals surface area contributed by atoms with Crippen LogP contribution in [-0.4, -0.2) is 48.6 Å². The van der Waals surface area contributed by atoms with Crippen LogP contribution < -0.4 is 10.6 Å². The van der Waals surface area contributed by atoms with Crippen molar-refractivity contribution in [3.8, 4) is 0 Å². The summed E-state index contributed by atoms with van der Waals surface area (Å²) in [6.45, 7) is 2.23. The molecule has 2 heterocycles. The molecule has 9 heteroatoms. The van der Waals surface area contributed by atoms with Gasteiger partial charge in [-0.15, -0.1) is 0 Å². The third kappa shape index (κ3) is 4.28. The Hall–Kier alpha value is -1.48. The zero-order valence-corrected chi connectivity index (χ0v) is 11.4. The molecule has 1 aromatic rings. The van der Waals surface area contributed by atoms with Crippen LogP contribution in [0.3, 0.4) is 0 Å². The Morgan fingerprint density at radius 2 is 2.37 bits per heavy atom. The van der Waals surface area contributed by atoms with Crippen molar-refractivity contribution in [2.75, 3.05) is 18.1 Å². The van der Waals surface area contributed by atoms with E-state index >= 15 is 0 Å². The number of carbonyl (C=O) groups is 1. The lowest BCUT2D eigenvalue weighted by Gasteiger charge is -2.22. The Morgan fingerprint density at radius 3 is 3.00 bits per heavy atom. The lowest BCUT2D eigenvalue weighted by molar-refractivity contribution is -0.121. The Kier molecular flexibility index (Phi) is 4.15. The fourth-order valence-electron chi connectivity index (χ4n) is 1.89. The molecule has 0 aliphatic carbocycles. The van der Waals surface area contributed by atoms with Gasteiger partial charge in [-0.2, -0.15) is 4.98 Å². The van der Waals surface area contributed by atoms with Crippen LogP contribution in [0.5, 0.6) is 0 Å². The van der Waals surface area contributed by atoms with Crippen LogP contribution in [0, 0.1) is 6.92 Å². The molecule has 2 N–H and O–H groups in total. The number of amides is 1. The van der Waals surface area contributed by atoms with Crippen LogP contribution in [0.4, 0.5) is 0 Å². The van der Waals surface area contributed by atoms with Crippen molar-refractivity contribution in [2.45, 2.75) is 25.9 Å². The summed E-state index contributed by atoms with van der Waals surface area (Å²) in [6, 6.07) is -0.328. The predicted octanol–water partition coefficient (Wildman–Crippen LogP) is -1.23. The standard InChI is InChI=1S/C10H16N4O4S/c1-7-13-9(14-18-7)5-12-10(15)4-8-6-19(16,17)3-2-11-8/h8,11H,2-6H2,1H3,(H,12,15). The van der Waals surface area contributed by atoms with Crippen molar-refractivity contribution < 1.29 is 17.7 Å². The van der Waals surface area contributed by atoms with Gasteiger partial charge in [0, 0.05) is 25.9 Å². The number of rotatable bonds is 4. The summed E-state index contributed by atoms with van der Waals surface area (Å²) in [4.78, 5) is 15.6. The van der Waals surface area contributed by atoms with Gasteiger partial charge >= 0.3 is 0 Å². The Balaban J connectivity index is 1.78. The molecule has 0 spiro atoms. The number of aryl methyl sites for hydroxylation is 1. The molecule has 106 valence electrons. The number of sulfone groups is 1. The molecule has 8 nitrogen and oxygen atoms in total. The molecule has 2 rings (SSSR count). The van der Waals surface area contributed by atoms with Gasteiger partial charge in [0.15, 0.2) is 15.7 Å². The van der Waals surface area contributed by atoms with Gasteiger partial charge in [-0.25, -0.2) is 8.42 Å². The second kappa shape index (κ2) is 5.66. The van der Waals surface area contributed by atoms with E-state index in [0.717, 1.165) is 0 Å². The first kappa shape index (κ1) is 13.9. The molecule has 0 saturated carbocycles. The van der Waals surface area contributed by atoms with Crippen molar-refractivity contribution in [1.82, 2.24) is 20.8 Å². The van der Waals surface area contributed by atoms with Crippen LogP contribution in [0.2, 0.25) is 0 Å². The van der Waals surface area contributed by atoms with Gasteiger partial charge in [0.1, 0.15) is 0 Å². The minimum Gasteiger partial charge on any atom is -0.349 e. The van der Waals surface area contributed by atoms with Crippen LogP contribution in [0.25, 0.3) is 0 Å². The normalized spacial score (nSPS) is 22.1. The summed E-state index contributed by atoms with van der Waals surface area (Å²) in [5, 5.41) is 9.29. The Labute approximate surface area is 110 Å². The lowest BCUT2D eigenvalue weighted by atomic mass is 10.2. The number of aromatic nitrogens is 2. The summed E-state index contributed by atoms with van der Waals surface area (Å²) >= 11 is 0. The van der Waals surface area contributed by atoms with E-state index in [4.69, 9.17) is 4.52 Å². The van der Waals surface area contributed by atoms with E-state index in [-0.39, 0.29) is 36.4 Å². The van der Waals surface area contributed by atoms with Crippen LogP contribution >= 0.6 is 0 Å². The smallest absolute Gasteiger partial charge is 0.223 e. The van der Waals surface area contributed by atoms with E-state index in [1.165, 1.54) is 0 Å². The second-order valence-electron chi connectivity index (χ2n) is 4.48. The van der Waals surface area contributed by atoms with Gasteiger partial charge in [0.05, 0.1) is 18.1 Å². The molecular weight excluding hydrogens is 272 g/mol. The lowest BCUT2D eigenvalue weighted by Crippen LogP contribution is -2.47. The molecule has 1 aromatic heterocycles. The maximum atomic E-state index is 11.7. The highest BCUT2D eigenvalue weighted by atomic mass is 32.2. The van der Waals surface area contributed by atoms with Gasteiger partial charge in [-0.1, -0.05) is 5.16 Å². The average Bonchev–Trinajstić information content (AvgIpc) is 2.71. The van der Waals surface area contributed by atoms with Crippen molar-refractivity contribution >= 4 is 15.7 Å². The quantitative estimate of drug-likeness (QED) is 0.713. The first-order valence-corrected chi connectivity index (χ1v) is 7.76. The molecule has 1 aliphatic heterocycles. The summed E-state index contributed by atoms with van der Waals surface area (Å²) in [7, 11) is -3.02. The largest absolute Gasteiger partial charge is 0.349 e. The highest BCUT2D eigenvalue weighted by Gasteiger charge is 2.25. The molecule has 19 heavy (non-hydrogen) atoms. The average molecular weight is 288 g/mol. The molecule has 1 fully saturated rings. The van der Waals surface area contributed by atoms with Crippen molar-refractivity contribution in [3.63, 3.8) is 0 Å². The van der Waals surface area contributed by atoms with Gasteiger partial charge in [-0.3, -0.25) is 4.79 Å². The van der Waals surface area contributed by atoms with E-state index in [2.05, 4.69) is 20.8 Å². The maximum Gasteiger partial charge on any atom is 0.223 e. The van der Waals surface area contributed by atoms with Crippen molar-refractivity contribution in [2.24, 2.45) is 0 Å². The van der Waals surface area contributed by atoms with Crippen molar-refractivity contribution in [3.05, 3.63) is 11.7 Å². The van der Waals surface area contributed by atoms with E-state index in [0.29, 0.717) is 18.3 Å². The number of hydrogen-bond acceptors (Lipinski definition) is 7. The first-order valence-electron chi connectivity index (χ1n) is 5.94. The number of nitrogens with one attached hydrogen (secondary N) is 2. The third-order valence-electron chi connectivity index (χ3n) is 2.75. The maximum absolute atomic E-state index is 11.7. The summed E-state index contributed by atoms with van der Waals surface area (Å²) in [5.74, 6) is 0.728. The highest BCUT2D eigenvalue weighted by Crippen LogP contribution is 2.05. The summed E-state index contributed by atoms with van der Waals surface area (Å²) in [5.41, 5.74) is 0. The number of carbonyl (C=O) groups excluding carboxylic acids is 1. The topological polar surface area (TPSA) is 114 Å². The summed E-state index contributed by atoms with van der Waals surface area (Å²) in [6.07, 6.45) is 0.121. The molecule has 1 saturated heterocycles. The SMILES string of the molecule is Cc1nc(CNC(=O)CC2CS(=O)(=O)CCN2)no1. The van der Waals surface area contributed by atoms with E-state index < -0.39 is 9.84 Å². The van der Waals surface area contributed by atoms with Gasteiger partial charge in [-0.05, 0) is 0 Å². The fourth-order valence-corrected chi connectivity index (χ4v) is 3.33. The minimum absolute atomic E-state index is 0.00172. The molecule has 1 amide bonds. The highest BCUT2D eigenvalue weighted by molar-refractivity contribution is 7.91. The molecule has 0 bridgehead atoms. The zero-order chi connectivity index (χ0) is 13.9. The van der Waals surface area contributed by atoms with Crippen LogP contribution in [0.15, 0.2) is 4.52 Å². The summed E-state index contributed by atoms with van der Waals surface area (Å²) < 4.78 is 27.6. The zero-order valence-electron chi connectivity index (χ0n) is 10.5. The number of hydrogen-bond donors (Lipinski definition) is 2. The molecule has 1 atom stereocenters. The Bertz CT molecular complexity index is 554. The molecule has 1 unspecified atom stereocenters. The molecular formula is C10H16N4O4S. The van der Waals surface area contributed by atoms with Crippen molar-refractivity contribution in [1.29, 1.82) is 0 Å². The van der Waals surface area contributed by atoms with Crippen LogP contribution in [0.1, 0.15) is 18.1 Å². The monoisotopic (exact) mass is 288 g/mol. The van der Waals surface area contributed by atoms with E-state index in [1.807, 2.05) is 0 Å². The first-order chi connectivity index (χ1) is 8.94. The van der Waals surface area contributed by atoms with E-state index in [1.54, 1.807) is 6.92 Å². The second-order valence-corrected chi connectivity index (χ2v) is 6.70. The van der Waals surface area contributed by atoms with Gasteiger partial charge in [0.25, 0.3) is 0 Å². The van der Waals surface area contributed by atoms with Gasteiger partial charge in [0.2, 0.25) is 11.8 Å². The molecule has 1 aliphatic rings. The third-order valence-corrected chi connectivity index (χ3v) is 4.48. The van der Waals surface area contributed by atoms with Gasteiger partial charge < -0.3 is 15.2 Å². The van der Waals surface area contributed by atoms with Crippen LogP contribution in [-0.2, 0) is 21.2 Å².